The van der Waals surface area contributed by atoms with Gasteiger partial charge in [-0.15, -0.1) is 0 Å². The highest BCUT2D eigenvalue weighted by Crippen LogP contribution is 2.37. The van der Waals surface area contributed by atoms with Crippen LogP contribution in [0.15, 0.2) is 29.2 Å². The summed E-state index contributed by atoms with van der Waals surface area (Å²) < 4.78 is 52.1. The van der Waals surface area contributed by atoms with Gasteiger partial charge in [0.25, 0.3) is 5.92 Å². The van der Waals surface area contributed by atoms with E-state index in [0.717, 1.165) is 6.26 Å². The number of aromatic nitrogens is 2. The maximum Gasteiger partial charge on any atom is 0.266 e. The van der Waals surface area contributed by atoms with Crippen molar-refractivity contribution in [3.63, 3.8) is 0 Å². The maximum absolute atomic E-state index is 13.9. The Hall–Kier alpha value is -2.69. The molecular weight excluding hydrogens is 438 g/mol. The average molecular weight is 469 g/mol. The molecule has 0 radical (unpaired) electrons. The molecule has 1 aliphatic heterocycles. The number of nitrogens with one attached hydrogen (secondary N) is 3. The first-order valence-corrected chi connectivity index (χ1v) is 12.2. The van der Waals surface area contributed by atoms with Crippen LogP contribution in [0.2, 0.25) is 0 Å². The van der Waals surface area contributed by atoms with E-state index in [0.29, 0.717) is 28.8 Å². The molecule has 176 valence electrons. The first kappa shape index (κ1) is 24.0. The Morgan fingerprint density at radius 1 is 1.19 bits per heavy atom. The molecule has 3 rings (SSSR count). The molecule has 8 nitrogen and oxygen atoms in total. The number of halogens is 2. The molecule has 1 saturated heterocycles. The minimum absolute atomic E-state index is 0.171. The number of hydrogen-bond donors (Lipinski definition) is 3. The predicted octanol–water partition coefficient (Wildman–Crippen LogP) is 3.59. The number of benzene rings is 1. The minimum atomic E-state index is -3.41. The van der Waals surface area contributed by atoms with Crippen LogP contribution >= 0.6 is 0 Å². The molecule has 3 N–H and O–H groups in total. The Balaban J connectivity index is 2.01. The van der Waals surface area contributed by atoms with E-state index < -0.39 is 22.3 Å². The van der Waals surface area contributed by atoms with Crippen LogP contribution in [0.25, 0.3) is 0 Å². The van der Waals surface area contributed by atoms with E-state index in [1.807, 2.05) is 20.8 Å². The molecule has 0 amide bonds. The van der Waals surface area contributed by atoms with Crippen LogP contribution in [0, 0.1) is 0 Å². The number of nitrogens with zero attached hydrogens (tertiary/aromatic N) is 3. The summed E-state index contributed by atoms with van der Waals surface area (Å²) in [5.41, 5.74) is 0.697. The van der Waals surface area contributed by atoms with Gasteiger partial charge in [0.1, 0.15) is 5.69 Å². The lowest BCUT2D eigenvalue weighted by Crippen LogP contribution is -2.30. The zero-order chi connectivity index (χ0) is 23.7. The smallest absolute Gasteiger partial charge is 0.266 e. The highest BCUT2D eigenvalue weighted by molar-refractivity contribution is 7.90. The molecule has 0 aliphatic carbocycles. The maximum atomic E-state index is 13.9. The molecule has 1 aromatic carbocycles. The lowest BCUT2D eigenvalue weighted by molar-refractivity contribution is 0.0257. The standard InChI is InChI=1S/C21H30F2N6O2S/c1-20(2,3)28-19-26-17(25-12-14-8-6-7-9-15(14)32(5,30)31)16(24-4)18(27-19)29-11-10-21(22,23)13-29/h6-9,24H,10-13H2,1-5H3,(H2,25,26,27,28). The molecule has 11 heteroatoms. The van der Waals surface area contributed by atoms with Gasteiger partial charge in [0, 0.05) is 38.4 Å². The van der Waals surface area contributed by atoms with Gasteiger partial charge in [-0.2, -0.15) is 9.97 Å². The highest BCUT2D eigenvalue weighted by atomic mass is 32.2. The molecule has 2 heterocycles. The third-order valence-electron chi connectivity index (χ3n) is 4.91. The largest absolute Gasteiger partial charge is 0.382 e. The van der Waals surface area contributed by atoms with E-state index >= 15 is 0 Å². The third kappa shape index (κ3) is 5.76. The summed E-state index contributed by atoms with van der Waals surface area (Å²) in [7, 11) is -1.74. The zero-order valence-electron chi connectivity index (χ0n) is 19.0. The first-order valence-electron chi connectivity index (χ1n) is 10.3. The molecule has 32 heavy (non-hydrogen) atoms. The fourth-order valence-corrected chi connectivity index (χ4v) is 4.48. The van der Waals surface area contributed by atoms with E-state index in [9.17, 15) is 17.2 Å². The Morgan fingerprint density at radius 2 is 1.88 bits per heavy atom. The van der Waals surface area contributed by atoms with Crippen molar-refractivity contribution in [1.29, 1.82) is 0 Å². The number of rotatable bonds is 7. The molecule has 1 aromatic heterocycles. The van der Waals surface area contributed by atoms with E-state index in [1.165, 1.54) is 4.90 Å². The summed E-state index contributed by atoms with van der Waals surface area (Å²) in [4.78, 5) is 10.8. The van der Waals surface area contributed by atoms with E-state index in [2.05, 4.69) is 25.9 Å². The fourth-order valence-electron chi connectivity index (χ4n) is 3.53. The summed E-state index contributed by atoms with van der Waals surface area (Å²) in [6.45, 7) is 5.76. The summed E-state index contributed by atoms with van der Waals surface area (Å²) in [5, 5.41) is 9.38. The van der Waals surface area contributed by atoms with Gasteiger partial charge in [-0.3, -0.25) is 0 Å². The van der Waals surface area contributed by atoms with Crippen molar-refractivity contribution >= 4 is 33.1 Å². The Morgan fingerprint density at radius 3 is 2.44 bits per heavy atom. The Bertz CT molecular complexity index is 1090. The lowest BCUT2D eigenvalue weighted by atomic mass is 10.1. The molecule has 0 unspecified atom stereocenters. The Labute approximate surface area is 187 Å². The van der Waals surface area contributed by atoms with E-state index in [-0.39, 0.29) is 29.9 Å². The summed E-state index contributed by atoms with van der Waals surface area (Å²) in [6.07, 6.45) is 0.916. The quantitative estimate of drug-likeness (QED) is 0.567. The van der Waals surface area contributed by atoms with Gasteiger partial charge in [0.05, 0.1) is 11.4 Å². The Kier molecular flexibility index (Phi) is 6.50. The van der Waals surface area contributed by atoms with Crippen LogP contribution in [0.1, 0.15) is 32.8 Å². The van der Waals surface area contributed by atoms with Crippen LogP contribution in [0.4, 0.5) is 32.1 Å². The third-order valence-corrected chi connectivity index (χ3v) is 6.11. The second-order valence-electron chi connectivity index (χ2n) is 8.98. The molecule has 0 bridgehead atoms. The normalized spacial score (nSPS) is 16.2. The SMILES string of the molecule is CNc1c(NCc2ccccc2S(C)(=O)=O)nc(NC(C)(C)C)nc1N1CCC(F)(F)C1. The van der Waals surface area contributed by atoms with Crippen LogP contribution in [-0.4, -0.2) is 56.2 Å². The van der Waals surface area contributed by atoms with Gasteiger partial charge in [0.15, 0.2) is 21.5 Å². The number of sulfone groups is 1. The lowest BCUT2D eigenvalue weighted by Gasteiger charge is -2.26. The average Bonchev–Trinajstić information content (AvgIpc) is 3.04. The highest BCUT2D eigenvalue weighted by Gasteiger charge is 2.40. The van der Waals surface area contributed by atoms with Crippen LogP contribution in [0.3, 0.4) is 0 Å². The summed E-state index contributed by atoms with van der Waals surface area (Å²) >= 11 is 0. The molecule has 1 fully saturated rings. The molecule has 0 spiro atoms. The predicted molar refractivity (Wildman–Crippen MR) is 124 cm³/mol. The van der Waals surface area contributed by atoms with Crippen LogP contribution in [-0.2, 0) is 16.4 Å². The van der Waals surface area contributed by atoms with Gasteiger partial charge in [-0.1, -0.05) is 18.2 Å². The summed E-state index contributed by atoms with van der Waals surface area (Å²) in [6, 6.07) is 6.70. The van der Waals surface area contributed by atoms with Crippen molar-refractivity contribution in [1.82, 2.24) is 9.97 Å². The van der Waals surface area contributed by atoms with Crippen molar-refractivity contribution in [2.45, 2.75) is 50.1 Å². The van der Waals surface area contributed by atoms with Gasteiger partial charge in [-0.05, 0) is 32.4 Å². The molecular formula is C21H30F2N6O2S. The van der Waals surface area contributed by atoms with Crippen molar-refractivity contribution in [3.8, 4) is 0 Å². The second kappa shape index (κ2) is 8.68. The van der Waals surface area contributed by atoms with Gasteiger partial charge < -0.3 is 20.9 Å². The van der Waals surface area contributed by atoms with Gasteiger partial charge in [-0.25, -0.2) is 17.2 Å². The van der Waals surface area contributed by atoms with Crippen molar-refractivity contribution in [3.05, 3.63) is 29.8 Å². The molecule has 0 saturated carbocycles. The number of alkyl halides is 2. The number of hydrogen-bond acceptors (Lipinski definition) is 8. The van der Waals surface area contributed by atoms with Crippen LogP contribution < -0.4 is 20.9 Å². The van der Waals surface area contributed by atoms with E-state index in [1.54, 1.807) is 31.3 Å². The fraction of sp³-hybridized carbons (Fsp3) is 0.524. The molecule has 0 atom stereocenters. The molecule has 2 aromatic rings. The van der Waals surface area contributed by atoms with Crippen molar-refractivity contribution in [2.24, 2.45) is 0 Å². The van der Waals surface area contributed by atoms with Crippen molar-refractivity contribution in [2.75, 3.05) is 47.2 Å². The number of anilines is 4. The molecule has 1 aliphatic rings. The van der Waals surface area contributed by atoms with Gasteiger partial charge >= 0.3 is 0 Å². The topological polar surface area (TPSA) is 99.2 Å². The zero-order valence-corrected chi connectivity index (χ0v) is 19.8. The monoisotopic (exact) mass is 468 g/mol. The minimum Gasteiger partial charge on any atom is -0.382 e. The van der Waals surface area contributed by atoms with Crippen LogP contribution in [0.5, 0.6) is 0 Å². The summed E-state index contributed by atoms with van der Waals surface area (Å²) in [5.74, 6) is -1.73. The van der Waals surface area contributed by atoms with E-state index in [4.69, 9.17) is 0 Å². The van der Waals surface area contributed by atoms with Crippen molar-refractivity contribution < 1.29 is 17.2 Å². The second-order valence-corrected chi connectivity index (χ2v) is 11.0. The van der Waals surface area contributed by atoms with Gasteiger partial charge in [0.2, 0.25) is 5.95 Å². The first-order chi connectivity index (χ1) is 14.8.